The Morgan fingerprint density at radius 1 is 1.18 bits per heavy atom. The van der Waals surface area contributed by atoms with E-state index in [0.717, 1.165) is 5.69 Å². The Bertz CT molecular complexity index is 534. The number of hydrogen-bond donors (Lipinski definition) is 1. The van der Waals surface area contributed by atoms with E-state index in [-0.39, 0.29) is 0 Å². The fourth-order valence-electron chi connectivity index (χ4n) is 1.32. The van der Waals surface area contributed by atoms with Gasteiger partial charge in [-0.05, 0) is 18.2 Å². The van der Waals surface area contributed by atoms with E-state index in [0.29, 0.717) is 21.7 Å². The molecule has 2 aromatic rings. The highest BCUT2D eigenvalue weighted by Gasteiger charge is 2.05. The van der Waals surface area contributed by atoms with Gasteiger partial charge in [-0.1, -0.05) is 23.2 Å². The molecule has 17 heavy (non-hydrogen) atoms. The van der Waals surface area contributed by atoms with Gasteiger partial charge in [0.25, 0.3) is 0 Å². The third-order valence-corrected chi connectivity index (χ3v) is 2.50. The number of ether oxygens (including phenoxy) is 1. The van der Waals surface area contributed by atoms with Crippen LogP contribution in [0.4, 0.5) is 11.5 Å². The van der Waals surface area contributed by atoms with Crippen molar-refractivity contribution >= 4 is 34.7 Å². The number of aromatic nitrogens is 2. The van der Waals surface area contributed by atoms with E-state index in [9.17, 15) is 0 Å². The monoisotopic (exact) mass is 269 g/mol. The number of nitrogens with zero attached hydrogens (tertiary/aromatic N) is 2. The molecule has 0 bridgehead atoms. The second-order valence-electron chi connectivity index (χ2n) is 3.20. The maximum absolute atomic E-state index is 5.92. The van der Waals surface area contributed by atoms with Gasteiger partial charge < -0.3 is 10.1 Å². The van der Waals surface area contributed by atoms with Crippen molar-refractivity contribution in [3.63, 3.8) is 0 Å². The van der Waals surface area contributed by atoms with E-state index >= 15 is 0 Å². The van der Waals surface area contributed by atoms with Crippen molar-refractivity contribution in [2.45, 2.75) is 0 Å². The molecule has 0 fully saturated rings. The van der Waals surface area contributed by atoms with Crippen molar-refractivity contribution in [2.24, 2.45) is 0 Å². The summed E-state index contributed by atoms with van der Waals surface area (Å²) in [7, 11) is 1.58. The fraction of sp³-hybridized carbons (Fsp3) is 0.0909. The molecule has 0 unspecified atom stereocenters. The van der Waals surface area contributed by atoms with Crippen molar-refractivity contribution in [2.75, 3.05) is 12.4 Å². The third kappa shape index (κ3) is 2.99. The van der Waals surface area contributed by atoms with Gasteiger partial charge in [-0.3, -0.25) is 0 Å². The standard InChI is InChI=1S/C11H9Cl2N3O/c1-17-9-3-2-7(12)4-8(9)16-11-5-10(13)14-6-15-11/h2-6H,1H3,(H,14,15,16). The molecule has 6 heteroatoms. The predicted octanol–water partition coefficient (Wildman–Crippen LogP) is 3.54. The van der Waals surface area contributed by atoms with E-state index in [1.165, 1.54) is 6.33 Å². The Balaban J connectivity index is 2.32. The van der Waals surface area contributed by atoms with Crippen LogP contribution < -0.4 is 10.1 Å². The molecule has 0 aliphatic heterocycles. The molecular weight excluding hydrogens is 261 g/mol. The Morgan fingerprint density at radius 3 is 2.71 bits per heavy atom. The Morgan fingerprint density at radius 2 is 2.00 bits per heavy atom. The minimum absolute atomic E-state index is 0.364. The van der Waals surface area contributed by atoms with Crippen molar-refractivity contribution in [1.29, 1.82) is 0 Å². The van der Waals surface area contributed by atoms with Gasteiger partial charge in [-0.15, -0.1) is 0 Å². The number of hydrogen-bond acceptors (Lipinski definition) is 4. The molecule has 2 rings (SSSR count). The lowest BCUT2D eigenvalue weighted by Gasteiger charge is -2.10. The molecule has 0 aliphatic carbocycles. The summed E-state index contributed by atoms with van der Waals surface area (Å²) in [6.45, 7) is 0. The highest BCUT2D eigenvalue weighted by atomic mass is 35.5. The van der Waals surface area contributed by atoms with E-state index in [4.69, 9.17) is 27.9 Å². The van der Waals surface area contributed by atoms with Crippen LogP contribution >= 0.6 is 23.2 Å². The molecule has 1 aromatic heterocycles. The number of halogens is 2. The summed E-state index contributed by atoms with van der Waals surface area (Å²) in [5.74, 6) is 1.25. The van der Waals surface area contributed by atoms with E-state index in [1.807, 2.05) is 0 Å². The van der Waals surface area contributed by atoms with E-state index < -0.39 is 0 Å². The lowest BCUT2D eigenvalue weighted by Crippen LogP contribution is -1.97. The third-order valence-electron chi connectivity index (χ3n) is 2.06. The summed E-state index contributed by atoms with van der Waals surface area (Å²) in [6.07, 6.45) is 1.38. The number of benzene rings is 1. The van der Waals surface area contributed by atoms with Crippen molar-refractivity contribution in [1.82, 2.24) is 9.97 Å². The molecule has 4 nitrogen and oxygen atoms in total. The smallest absolute Gasteiger partial charge is 0.142 e. The maximum Gasteiger partial charge on any atom is 0.142 e. The lowest BCUT2D eigenvalue weighted by atomic mass is 10.3. The van der Waals surface area contributed by atoms with Crippen molar-refractivity contribution < 1.29 is 4.74 Å². The van der Waals surface area contributed by atoms with Gasteiger partial charge in [0.05, 0.1) is 12.8 Å². The average Bonchev–Trinajstić information content (AvgIpc) is 2.29. The largest absolute Gasteiger partial charge is 0.495 e. The van der Waals surface area contributed by atoms with Gasteiger partial charge in [-0.25, -0.2) is 9.97 Å². The molecule has 0 aliphatic rings. The van der Waals surface area contributed by atoms with E-state index in [2.05, 4.69) is 15.3 Å². The number of rotatable bonds is 3. The zero-order chi connectivity index (χ0) is 12.3. The van der Waals surface area contributed by atoms with Crippen LogP contribution in [0.1, 0.15) is 0 Å². The van der Waals surface area contributed by atoms with Gasteiger partial charge in [0, 0.05) is 11.1 Å². The van der Waals surface area contributed by atoms with Crippen LogP contribution in [0, 0.1) is 0 Å². The van der Waals surface area contributed by atoms with Crippen LogP contribution in [0.2, 0.25) is 10.2 Å². The summed E-state index contributed by atoms with van der Waals surface area (Å²) in [4.78, 5) is 7.83. The first kappa shape index (κ1) is 12.0. The van der Waals surface area contributed by atoms with Crippen LogP contribution in [0.15, 0.2) is 30.6 Å². The van der Waals surface area contributed by atoms with Gasteiger partial charge >= 0.3 is 0 Å². The molecule has 0 amide bonds. The summed E-state index contributed by atoms with van der Waals surface area (Å²) in [5.41, 5.74) is 0.717. The minimum Gasteiger partial charge on any atom is -0.495 e. The van der Waals surface area contributed by atoms with Crippen LogP contribution in [0.25, 0.3) is 0 Å². The molecule has 1 aromatic carbocycles. The van der Waals surface area contributed by atoms with Gasteiger partial charge in [0.15, 0.2) is 0 Å². The van der Waals surface area contributed by atoms with Crippen LogP contribution in [0.5, 0.6) is 5.75 Å². The molecule has 1 N–H and O–H groups in total. The number of anilines is 2. The van der Waals surface area contributed by atoms with Crippen molar-refractivity contribution in [3.8, 4) is 5.75 Å². The van der Waals surface area contributed by atoms with Crippen LogP contribution in [0.3, 0.4) is 0 Å². The first-order chi connectivity index (χ1) is 8.19. The molecule has 88 valence electrons. The molecule has 1 heterocycles. The Labute approximate surface area is 109 Å². The van der Waals surface area contributed by atoms with Crippen LogP contribution in [-0.4, -0.2) is 17.1 Å². The Kier molecular flexibility index (Phi) is 3.66. The quantitative estimate of drug-likeness (QED) is 0.866. The number of methoxy groups -OCH3 is 1. The van der Waals surface area contributed by atoms with Gasteiger partial charge in [0.1, 0.15) is 23.0 Å². The van der Waals surface area contributed by atoms with Gasteiger partial charge in [0.2, 0.25) is 0 Å². The molecule has 0 spiro atoms. The minimum atomic E-state index is 0.364. The van der Waals surface area contributed by atoms with E-state index in [1.54, 1.807) is 31.4 Å². The first-order valence-corrected chi connectivity index (χ1v) is 5.53. The maximum atomic E-state index is 5.92. The second kappa shape index (κ2) is 5.21. The fourth-order valence-corrected chi connectivity index (χ4v) is 1.64. The summed E-state index contributed by atoms with van der Waals surface area (Å²) in [6, 6.07) is 6.88. The summed E-state index contributed by atoms with van der Waals surface area (Å²) < 4.78 is 5.21. The summed E-state index contributed by atoms with van der Waals surface area (Å²) in [5, 5.41) is 4.03. The molecule has 0 atom stereocenters. The average molecular weight is 270 g/mol. The predicted molar refractivity (Wildman–Crippen MR) is 68.3 cm³/mol. The van der Waals surface area contributed by atoms with Gasteiger partial charge in [-0.2, -0.15) is 0 Å². The summed E-state index contributed by atoms with van der Waals surface area (Å²) >= 11 is 11.7. The highest BCUT2D eigenvalue weighted by molar-refractivity contribution is 6.31. The first-order valence-electron chi connectivity index (χ1n) is 4.77. The molecule has 0 saturated heterocycles. The highest BCUT2D eigenvalue weighted by Crippen LogP contribution is 2.30. The zero-order valence-electron chi connectivity index (χ0n) is 8.95. The lowest BCUT2D eigenvalue weighted by molar-refractivity contribution is 0.417. The Hall–Kier alpha value is -1.52. The topological polar surface area (TPSA) is 47.0 Å². The van der Waals surface area contributed by atoms with Crippen molar-refractivity contribution in [3.05, 3.63) is 40.8 Å². The normalized spacial score (nSPS) is 10.1. The zero-order valence-corrected chi connectivity index (χ0v) is 10.5. The number of nitrogens with one attached hydrogen (secondary N) is 1. The van der Waals surface area contributed by atoms with Crippen LogP contribution in [-0.2, 0) is 0 Å². The second-order valence-corrected chi connectivity index (χ2v) is 4.02. The SMILES string of the molecule is COc1ccc(Cl)cc1Nc1cc(Cl)ncn1. The molecular formula is C11H9Cl2N3O. The molecule has 0 radical (unpaired) electrons. The molecule has 0 saturated carbocycles.